The quantitative estimate of drug-likeness (QED) is 0.327. The summed E-state index contributed by atoms with van der Waals surface area (Å²) >= 11 is 2.89. The molecule has 0 atom stereocenters. The van der Waals surface area contributed by atoms with Crippen LogP contribution in [0.5, 0.6) is 0 Å². The van der Waals surface area contributed by atoms with Crippen molar-refractivity contribution in [3.05, 3.63) is 72.1 Å². The number of nitrogens with one attached hydrogen (secondary N) is 2. The normalized spacial score (nSPS) is 11.3. The molecule has 2 N–H and O–H groups in total. The van der Waals surface area contributed by atoms with Crippen LogP contribution in [-0.4, -0.2) is 34.8 Å². The molecule has 8 nitrogen and oxygen atoms in total. The van der Waals surface area contributed by atoms with Crippen LogP contribution in [0.3, 0.4) is 0 Å². The largest absolute Gasteiger partial charge is 0.325 e. The molecular weight excluding hydrogens is 478 g/mol. The maximum absolute atomic E-state index is 12.5. The molecule has 1 amide bonds. The monoisotopic (exact) mass is 499 g/mol. The van der Waals surface area contributed by atoms with Crippen molar-refractivity contribution in [2.45, 2.75) is 23.5 Å². The smallest absolute Gasteiger partial charge is 0.261 e. The Balaban J connectivity index is 1.36. The third-order valence-corrected chi connectivity index (χ3v) is 7.81. The minimum atomic E-state index is -3.71. The average molecular weight is 500 g/mol. The van der Waals surface area contributed by atoms with Crippen LogP contribution < -0.4 is 10.0 Å². The molecule has 2 aromatic heterocycles. The lowest BCUT2D eigenvalue weighted by Gasteiger charge is -2.10. The van der Waals surface area contributed by atoms with E-state index in [0.29, 0.717) is 23.1 Å². The highest BCUT2D eigenvalue weighted by molar-refractivity contribution is 7.99. The minimum absolute atomic E-state index is 0.107. The summed E-state index contributed by atoms with van der Waals surface area (Å²) in [5, 5.41) is 13.9. The second kappa shape index (κ2) is 10.2. The Bertz CT molecular complexity index is 1320. The van der Waals surface area contributed by atoms with Crippen molar-refractivity contribution in [3.63, 3.8) is 0 Å². The molecule has 2 aromatic carbocycles. The summed E-state index contributed by atoms with van der Waals surface area (Å²) in [6.45, 7) is 2.70. The number of hydrogen-bond acceptors (Lipinski definition) is 7. The van der Waals surface area contributed by atoms with E-state index in [0.717, 1.165) is 10.7 Å². The van der Waals surface area contributed by atoms with Crippen molar-refractivity contribution >= 4 is 50.4 Å². The highest BCUT2D eigenvalue weighted by Gasteiger charge is 2.16. The maximum atomic E-state index is 12.5. The number of carbonyl (C=O) groups is 1. The van der Waals surface area contributed by atoms with Gasteiger partial charge in [-0.25, -0.2) is 8.42 Å². The zero-order valence-corrected chi connectivity index (χ0v) is 20.1. The number of anilines is 2. The fraction of sp³-hybridized carbons (Fsp3) is 0.136. The van der Waals surface area contributed by atoms with Crippen molar-refractivity contribution in [2.75, 3.05) is 15.8 Å². The molecule has 0 bridgehead atoms. The van der Waals surface area contributed by atoms with Gasteiger partial charge in [-0.1, -0.05) is 36.0 Å². The summed E-state index contributed by atoms with van der Waals surface area (Å²) in [5.74, 6) is 0.718. The third kappa shape index (κ3) is 5.62. The Morgan fingerprint density at radius 3 is 2.42 bits per heavy atom. The fourth-order valence-electron chi connectivity index (χ4n) is 3.03. The standard InChI is InChI=1S/C22H21N5O3S3/c1-2-27-21(19-9-6-14-31-19)24-25-22(27)32-15-20(28)23-16-10-12-18(13-11-16)33(29,30)26-17-7-4-3-5-8-17/h3-14,26H,2,15H2,1H3,(H,23,28). The molecule has 0 radical (unpaired) electrons. The van der Waals surface area contributed by atoms with Crippen LogP contribution in [0.25, 0.3) is 10.7 Å². The maximum Gasteiger partial charge on any atom is 0.261 e. The first kappa shape index (κ1) is 23.0. The number of rotatable bonds is 9. The van der Waals surface area contributed by atoms with E-state index in [1.54, 1.807) is 47.7 Å². The number of benzene rings is 2. The van der Waals surface area contributed by atoms with Gasteiger partial charge in [-0.2, -0.15) is 0 Å². The van der Waals surface area contributed by atoms with Crippen LogP contribution in [-0.2, 0) is 21.4 Å². The molecule has 170 valence electrons. The number of thiophene rings is 1. The van der Waals surface area contributed by atoms with Crippen molar-refractivity contribution in [1.29, 1.82) is 0 Å². The highest BCUT2D eigenvalue weighted by Crippen LogP contribution is 2.27. The molecular formula is C22H21N5O3S3. The van der Waals surface area contributed by atoms with E-state index in [1.165, 1.54) is 23.9 Å². The molecule has 0 aliphatic heterocycles. The van der Waals surface area contributed by atoms with Gasteiger partial charge in [0, 0.05) is 17.9 Å². The summed E-state index contributed by atoms with van der Waals surface area (Å²) in [5.41, 5.74) is 0.990. The molecule has 33 heavy (non-hydrogen) atoms. The SMILES string of the molecule is CCn1c(SCC(=O)Nc2ccc(S(=O)(=O)Nc3ccccc3)cc2)nnc1-c1cccs1. The Labute approximate surface area is 200 Å². The van der Waals surface area contributed by atoms with E-state index in [9.17, 15) is 13.2 Å². The molecule has 4 aromatic rings. The van der Waals surface area contributed by atoms with Gasteiger partial charge >= 0.3 is 0 Å². The zero-order chi connectivity index (χ0) is 23.3. The molecule has 4 rings (SSSR count). The van der Waals surface area contributed by atoms with Crippen LogP contribution in [0, 0.1) is 0 Å². The van der Waals surface area contributed by atoms with Gasteiger partial charge in [0.05, 0.1) is 15.5 Å². The van der Waals surface area contributed by atoms with Crippen molar-refractivity contribution in [3.8, 4) is 10.7 Å². The topological polar surface area (TPSA) is 106 Å². The first-order valence-corrected chi connectivity index (χ1v) is 13.4. The molecule has 11 heteroatoms. The molecule has 0 aliphatic rings. The third-order valence-electron chi connectivity index (χ3n) is 4.58. The highest BCUT2D eigenvalue weighted by atomic mass is 32.2. The van der Waals surface area contributed by atoms with E-state index >= 15 is 0 Å². The Morgan fingerprint density at radius 2 is 1.76 bits per heavy atom. The summed E-state index contributed by atoms with van der Waals surface area (Å²) in [7, 11) is -3.71. The molecule has 0 saturated heterocycles. The van der Waals surface area contributed by atoms with Crippen LogP contribution in [0.1, 0.15) is 6.92 Å². The van der Waals surface area contributed by atoms with Gasteiger partial charge in [0.25, 0.3) is 10.0 Å². The number of para-hydroxylation sites is 1. The number of nitrogens with zero attached hydrogens (tertiary/aromatic N) is 3. The minimum Gasteiger partial charge on any atom is -0.325 e. The fourth-order valence-corrected chi connectivity index (χ4v) is 5.61. The number of sulfonamides is 1. The Hall–Kier alpha value is -3.15. The number of amides is 1. The van der Waals surface area contributed by atoms with Gasteiger partial charge in [-0.3, -0.25) is 9.52 Å². The van der Waals surface area contributed by atoms with Crippen molar-refractivity contribution in [1.82, 2.24) is 14.8 Å². The van der Waals surface area contributed by atoms with Gasteiger partial charge in [0.2, 0.25) is 5.91 Å². The number of thioether (sulfide) groups is 1. The van der Waals surface area contributed by atoms with E-state index in [4.69, 9.17) is 0 Å². The second-order valence-electron chi connectivity index (χ2n) is 6.86. The van der Waals surface area contributed by atoms with E-state index < -0.39 is 10.0 Å². The Morgan fingerprint density at radius 1 is 1.00 bits per heavy atom. The lowest BCUT2D eigenvalue weighted by Crippen LogP contribution is -2.15. The van der Waals surface area contributed by atoms with E-state index in [-0.39, 0.29) is 16.6 Å². The molecule has 0 unspecified atom stereocenters. The van der Waals surface area contributed by atoms with Crippen LogP contribution >= 0.6 is 23.1 Å². The van der Waals surface area contributed by atoms with Gasteiger partial charge in [0.1, 0.15) is 0 Å². The first-order chi connectivity index (χ1) is 16.0. The number of carbonyl (C=O) groups excluding carboxylic acids is 1. The van der Waals surface area contributed by atoms with E-state index in [1.807, 2.05) is 35.1 Å². The van der Waals surface area contributed by atoms with Gasteiger partial charge in [-0.05, 0) is 54.8 Å². The van der Waals surface area contributed by atoms with E-state index in [2.05, 4.69) is 20.2 Å². The summed E-state index contributed by atoms with van der Waals surface area (Å²) < 4.78 is 29.6. The molecule has 2 heterocycles. The van der Waals surface area contributed by atoms with Gasteiger partial charge < -0.3 is 9.88 Å². The lowest BCUT2D eigenvalue weighted by molar-refractivity contribution is -0.113. The second-order valence-corrected chi connectivity index (χ2v) is 10.4. The predicted molar refractivity (Wildman–Crippen MR) is 132 cm³/mol. The molecule has 0 saturated carbocycles. The molecule has 0 spiro atoms. The summed E-state index contributed by atoms with van der Waals surface area (Å²) in [6, 6.07) is 18.6. The number of aromatic nitrogens is 3. The predicted octanol–water partition coefficient (Wildman–Crippen LogP) is 4.56. The number of hydrogen-bond donors (Lipinski definition) is 2. The Kier molecular flexibility index (Phi) is 7.11. The van der Waals surface area contributed by atoms with Crippen LogP contribution in [0.4, 0.5) is 11.4 Å². The summed E-state index contributed by atoms with van der Waals surface area (Å²) in [6.07, 6.45) is 0. The zero-order valence-electron chi connectivity index (χ0n) is 17.6. The average Bonchev–Trinajstić information content (AvgIpc) is 3.48. The summed E-state index contributed by atoms with van der Waals surface area (Å²) in [4.78, 5) is 13.6. The first-order valence-electron chi connectivity index (χ1n) is 10.0. The van der Waals surface area contributed by atoms with Gasteiger partial charge in [-0.15, -0.1) is 21.5 Å². The van der Waals surface area contributed by atoms with Crippen LogP contribution in [0.15, 0.2) is 82.2 Å². The van der Waals surface area contributed by atoms with Crippen molar-refractivity contribution in [2.24, 2.45) is 0 Å². The molecule has 0 aliphatic carbocycles. The lowest BCUT2D eigenvalue weighted by atomic mass is 10.3. The van der Waals surface area contributed by atoms with Crippen LogP contribution in [0.2, 0.25) is 0 Å². The molecule has 0 fully saturated rings. The van der Waals surface area contributed by atoms with Crippen molar-refractivity contribution < 1.29 is 13.2 Å². The van der Waals surface area contributed by atoms with Gasteiger partial charge in [0.15, 0.2) is 11.0 Å².